The second kappa shape index (κ2) is 9.67. The summed E-state index contributed by atoms with van der Waals surface area (Å²) < 4.78 is 13.3. The first-order chi connectivity index (χ1) is 13.9. The largest absolute Gasteiger partial charge is 0.349 e. The molecule has 0 bridgehead atoms. The van der Waals surface area contributed by atoms with Crippen LogP contribution in [0.4, 0.5) is 4.39 Å². The number of hydrogen-bond donors (Lipinski definition) is 2. The predicted molar refractivity (Wildman–Crippen MR) is 113 cm³/mol. The van der Waals surface area contributed by atoms with E-state index in [1.54, 1.807) is 36.4 Å². The number of rotatable bonds is 7. The molecule has 0 radical (unpaired) electrons. The van der Waals surface area contributed by atoms with Crippen LogP contribution in [0.2, 0.25) is 5.02 Å². The van der Waals surface area contributed by atoms with Crippen LogP contribution in [0.3, 0.4) is 0 Å². The zero-order valence-corrected chi connectivity index (χ0v) is 17.3. The monoisotopic (exact) mass is 430 g/mol. The lowest BCUT2D eigenvalue weighted by Crippen LogP contribution is -2.34. The molecule has 4 nitrogen and oxygen atoms in total. The third-order valence-corrected chi connectivity index (χ3v) is 5.56. The van der Waals surface area contributed by atoms with E-state index in [-0.39, 0.29) is 24.1 Å². The van der Waals surface area contributed by atoms with Gasteiger partial charge in [-0.05, 0) is 46.8 Å². The molecule has 0 aliphatic carbocycles. The highest BCUT2D eigenvalue weighted by Gasteiger charge is 2.22. The Bertz CT molecular complexity index is 959. The van der Waals surface area contributed by atoms with Gasteiger partial charge in [0.1, 0.15) is 5.82 Å². The molecule has 0 spiro atoms. The van der Waals surface area contributed by atoms with Crippen molar-refractivity contribution in [1.29, 1.82) is 0 Å². The van der Waals surface area contributed by atoms with Crippen LogP contribution >= 0.6 is 22.9 Å². The van der Waals surface area contributed by atoms with Gasteiger partial charge in [0, 0.05) is 16.8 Å². The van der Waals surface area contributed by atoms with E-state index in [2.05, 4.69) is 10.6 Å². The zero-order chi connectivity index (χ0) is 20.8. The van der Waals surface area contributed by atoms with E-state index in [0.29, 0.717) is 5.02 Å². The molecule has 0 fully saturated rings. The summed E-state index contributed by atoms with van der Waals surface area (Å²) >= 11 is 7.45. The van der Waals surface area contributed by atoms with Gasteiger partial charge in [0.2, 0.25) is 11.8 Å². The molecule has 1 heterocycles. The maximum absolute atomic E-state index is 13.3. The molecule has 0 saturated heterocycles. The molecule has 0 saturated carbocycles. The number of amides is 2. The van der Waals surface area contributed by atoms with Gasteiger partial charge in [0.25, 0.3) is 0 Å². The molecule has 7 heteroatoms. The number of nitrogens with one attached hydrogen (secondary N) is 2. The van der Waals surface area contributed by atoms with Crippen molar-refractivity contribution in [2.45, 2.75) is 25.4 Å². The van der Waals surface area contributed by atoms with Gasteiger partial charge < -0.3 is 10.6 Å². The molecule has 0 aliphatic rings. The van der Waals surface area contributed by atoms with Crippen LogP contribution in [0.5, 0.6) is 0 Å². The Morgan fingerprint density at radius 2 is 1.66 bits per heavy atom. The lowest BCUT2D eigenvalue weighted by Gasteiger charge is -2.22. The Labute approximate surface area is 177 Å². The van der Waals surface area contributed by atoms with E-state index < -0.39 is 12.1 Å². The molecule has 0 aliphatic heterocycles. The van der Waals surface area contributed by atoms with Gasteiger partial charge >= 0.3 is 0 Å². The number of carbonyl (C=O) groups is 2. The molecular weight excluding hydrogens is 411 g/mol. The van der Waals surface area contributed by atoms with Gasteiger partial charge in [0.15, 0.2) is 0 Å². The van der Waals surface area contributed by atoms with Crippen molar-refractivity contribution < 1.29 is 14.0 Å². The Hall–Kier alpha value is -2.70. The summed E-state index contributed by atoms with van der Waals surface area (Å²) in [5.74, 6) is -0.800. The van der Waals surface area contributed by atoms with Crippen molar-refractivity contribution in [1.82, 2.24) is 10.6 Å². The molecule has 2 N–H and O–H groups in total. The summed E-state index contributed by atoms with van der Waals surface area (Å²) in [6, 6.07) is 16.0. The fourth-order valence-corrected chi connectivity index (χ4v) is 3.96. The maximum Gasteiger partial charge on any atom is 0.223 e. The second-order valence-corrected chi connectivity index (χ2v) is 7.99. The molecular formula is C22H20ClFN2O2S. The quantitative estimate of drug-likeness (QED) is 0.553. The highest BCUT2D eigenvalue weighted by Crippen LogP contribution is 2.27. The molecule has 2 atom stereocenters. The molecule has 0 unspecified atom stereocenters. The van der Waals surface area contributed by atoms with Crippen LogP contribution in [0, 0.1) is 5.82 Å². The summed E-state index contributed by atoms with van der Waals surface area (Å²) in [6.07, 6.45) is 0.0598. The lowest BCUT2D eigenvalue weighted by atomic mass is 10.0. The van der Waals surface area contributed by atoms with E-state index in [0.717, 1.165) is 16.0 Å². The zero-order valence-electron chi connectivity index (χ0n) is 15.7. The topological polar surface area (TPSA) is 58.2 Å². The molecule has 1 aromatic heterocycles. The summed E-state index contributed by atoms with van der Waals surface area (Å²) in [7, 11) is 0. The van der Waals surface area contributed by atoms with Crippen LogP contribution < -0.4 is 10.6 Å². The Kier molecular flexibility index (Phi) is 7.01. The van der Waals surface area contributed by atoms with E-state index in [9.17, 15) is 14.0 Å². The van der Waals surface area contributed by atoms with Gasteiger partial charge in [-0.25, -0.2) is 4.39 Å². The minimum atomic E-state index is -0.484. The molecule has 2 aromatic carbocycles. The molecule has 150 valence electrons. The van der Waals surface area contributed by atoms with Crippen LogP contribution in [-0.2, 0) is 9.59 Å². The summed E-state index contributed by atoms with van der Waals surface area (Å²) in [5.41, 5.74) is 1.57. The highest BCUT2D eigenvalue weighted by atomic mass is 35.5. The fourth-order valence-electron chi connectivity index (χ4n) is 3.03. The van der Waals surface area contributed by atoms with E-state index in [1.165, 1.54) is 30.4 Å². The first-order valence-electron chi connectivity index (χ1n) is 9.03. The summed E-state index contributed by atoms with van der Waals surface area (Å²) in [5, 5.41) is 8.32. The van der Waals surface area contributed by atoms with Crippen LogP contribution in [0.15, 0.2) is 66.0 Å². The van der Waals surface area contributed by atoms with Crippen molar-refractivity contribution in [3.05, 3.63) is 92.9 Å². The number of halogens is 2. The smallest absolute Gasteiger partial charge is 0.223 e. The van der Waals surface area contributed by atoms with Gasteiger partial charge in [-0.2, -0.15) is 0 Å². The lowest BCUT2D eigenvalue weighted by molar-refractivity contribution is -0.123. The average Bonchev–Trinajstić information content (AvgIpc) is 3.21. The molecule has 2 amide bonds. The normalized spacial score (nSPS) is 12.8. The Morgan fingerprint density at radius 1 is 1.00 bits per heavy atom. The first kappa shape index (κ1) is 21.0. The van der Waals surface area contributed by atoms with Crippen molar-refractivity contribution >= 4 is 34.8 Å². The van der Waals surface area contributed by atoms with Crippen LogP contribution in [0.25, 0.3) is 0 Å². The molecule has 3 rings (SSSR count). The van der Waals surface area contributed by atoms with Crippen molar-refractivity contribution in [2.75, 3.05) is 0 Å². The standard InChI is InChI=1S/C22H20ClFN2O2S/c1-14(27)25-19(15-4-8-17(23)9-5-15)13-21(28)26-22(20-3-2-12-29-20)16-6-10-18(24)11-7-16/h2-12,19,22H,13H2,1H3,(H,25,27)(H,26,28)/t19-,22-/m0/s1. The van der Waals surface area contributed by atoms with Crippen LogP contribution in [0.1, 0.15) is 41.4 Å². The number of thiophene rings is 1. The van der Waals surface area contributed by atoms with E-state index in [1.807, 2.05) is 17.5 Å². The highest BCUT2D eigenvalue weighted by molar-refractivity contribution is 7.10. The van der Waals surface area contributed by atoms with Crippen molar-refractivity contribution in [2.24, 2.45) is 0 Å². The van der Waals surface area contributed by atoms with Gasteiger partial charge in [0.05, 0.1) is 18.5 Å². The predicted octanol–water partition coefficient (Wildman–Crippen LogP) is 5.01. The number of hydrogen-bond acceptors (Lipinski definition) is 3. The number of benzene rings is 2. The third kappa shape index (κ3) is 5.89. The second-order valence-electron chi connectivity index (χ2n) is 6.58. The summed E-state index contributed by atoms with van der Waals surface area (Å²) in [4.78, 5) is 25.4. The fraction of sp³-hybridized carbons (Fsp3) is 0.182. The number of carbonyl (C=O) groups excluding carboxylic acids is 2. The minimum absolute atomic E-state index is 0.0598. The van der Waals surface area contributed by atoms with E-state index >= 15 is 0 Å². The van der Waals surface area contributed by atoms with Gasteiger partial charge in [-0.15, -0.1) is 11.3 Å². The van der Waals surface area contributed by atoms with E-state index in [4.69, 9.17) is 11.6 Å². The Balaban J connectivity index is 1.79. The minimum Gasteiger partial charge on any atom is -0.349 e. The Morgan fingerprint density at radius 3 is 2.24 bits per heavy atom. The molecule has 29 heavy (non-hydrogen) atoms. The third-order valence-electron chi connectivity index (χ3n) is 4.38. The maximum atomic E-state index is 13.3. The van der Waals surface area contributed by atoms with Crippen molar-refractivity contribution in [3.63, 3.8) is 0 Å². The van der Waals surface area contributed by atoms with Crippen LogP contribution in [-0.4, -0.2) is 11.8 Å². The molecule has 3 aromatic rings. The first-order valence-corrected chi connectivity index (χ1v) is 10.3. The SMILES string of the molecule is CC(=O)N[C@@H](CC(=O)N[C@@H](c1ccc(F)cc1)c1cccs1)c1ccc(Cl)cc1. The average molecular weight is 431 g/mol. The van der Waals surface area contributed by atoms with Crippen molar-refractivity contribution in [3.8, 4) is 0 Å². The summed E-state index contributed by atoms with van der Waals surface area (Å²) in [6.45, 7) is 1.41. The van der Waals surface area contributed by atoms with Gasteiger partial charge in [-0.3, -0.25) is 9.59 Å². The van der Waals surface area contributed by atoms with Gasteiger partial charge in [-0.1, -0.05) is 41.9 Å².